The molecular weight excluding hydrogens is 574 g/mol. The molecule has 18 heteroatoms. The molecule has 0 bridgehead atoms. The van der Waals surface area contributed by atoms with Gasteiger partial charge in [0.25, 0.3) is 0 Å². The van der Waals surface area contributed by atoms with Gasteiger partial charge >= 0.3 is 0 Å². The molecule has 36 heavy (non-hydrogen) atoms. The maximum absolute atomic E-state index is 9.65. The molecule has 0 atom stereocenters. The van der Waals surface area contributed by atoms with E-state index in [1.807, 2.05) is 0 Å². The van der Waals surface area contributed by atoms with Crippen LogP contribution >= 0.6 is 0 Å². The Bertz CT molecular complexity index is 610. The van der Waals surface area contributed by atoms with E-state index in [2.05, 4.69) is 20.7 Å². The maximum atomic E-state index is 9.65. The standard InChI is InChI=1S/4C4H8N2O2.2CH3.2Co/c4*1-3(5-7)4(2)6-8;;;;/h4*5,7H,1-2H3;2*1H3;;/q;;;;2*-1;;/b4*4-3-;;;;. The Balaban J connectivity index is -0.0000000467. The van der Waals surface area contributed by atoms with E-state index < -0.39 is 0 Å². The van der Waals surface area contributed by atoms with Gasteiger partial charge in [0.05, 0.1) is 22.8 Å². The monoisotopic (exact) mass is 612 g/mol. The number of nitroso groups, excluding NO2 is 4. The molecule has 0 rings (SSSR count). The van der Waals surface area contributed by atoms with Gasteiger partial charge in [-0.25, -0.2) is 0 Å². The SMILES string of the molecule is C/C(N=O)=C(\C)NO.C/C(N=O)=C(\C)NO.C/C(N=O)=C(\C)NO.C/C(N=O)=C(\C)NO.[CH3-].[CH3-].[Co].[Co]. The Morgan fingerprint density at radius 3 is 0.556 bits per heavy atom. The number of hydrogen-bond acceptors (Lipinski definition) is 16. The molecule has 218 valence electrons. The largest absolute Gasteiger partial charge is 0.358 e. The van der Waals surface area contributed by atoms with Crippen LogP contribution in [0.5, 0.6) is 0 Å². The molecule has 0 heterocycles. The van der Waals surface area contributed by atoms with Crippen LogP contribution in [0.1, 0.15) is 55.4 Å². The quantitative estimate of drug-likeness (QED) is 0.104. The van der Waals surface area contributed by atoms with Crippen LogP contribution in [0.4, 0.5) is 0 Å². The number of nitrogens with zero attached hydrogens (tertiary/aromatic N) is 4. The van der Waals surface area contributed by atoms with Crippen LogP contribution in [-0.2, 0) is 33.6 Å². The van der Waals surface area contributed by atoms with E-state index in [1.165, 1.54) is 27.7 Å². The van der Waals surface area contributed by atoms with Gasteiger partial charge in [0.2, 0.25) is 0 Å². The van der Waals surface area contributed by atoms with E-state index in [4.69, 9.17) is 20.8 Å². The molecule has 0 fully saturated rings. The van der Waals surface area contributed by atoms with Gasteiger partial charge in [-0.2, -0.15) is 0 Å². The Morgan fingerprint density at radius 1 is 0.417 bits per heavy atom. The van der Waals surface area contributed by atoms with Crippen molar-refractivity contribution in [2.24, 2.45) is 20.7 Å². The summed E-state index contributed by atoms with van der Waals surface area (Å²) in [5, 5.41) is 42.8. The Morgan fingerprint density at radius 2 is 0.528 bits per heavy atom. The van der Waals surface area contributed by atoms with Gasteiger partial charge in [-0.3, -0.25) is 42.7 Å². The van der Waals surface area contributed by atoms with Crippen LogP contribution in [0, 0.1) is 34.5 Å². The summed E-state index contributed by atoms with van der Waals surface area (Å²) in [6.07, 6.45) is 0. The molecule has 0 aromatic heterocycles. The van der Waals surface area contributed by atoms with Crippen molar-refractivity contribution in [2.45, 2.75) is 55.4 Å². The zero-order chi connectivity index (χ0) is 26.3. The fraction of sp³-hybridized carbons (Fsp3) is 0.444. The first kappa shape index (κ1) is 54.4. The van der Waals surface area contributed by atoms with E-state index in [0.717, 1.165) is 0 Å². The summed E-state index contributed by atoms with van der Waals surface area (Å²) in [4.78, 5) is 38.6. The average molecular weight is 612 g/mol. The first-order valence-electron chi connectivity index (χ1n) is 8.52. The molecule has 0 aromatic rings. The topological polar surface area (TPSA) is 247 Å². The summed E-state index contributed by atoms with van der Waals surface area (Å²) in [5.41, 5.74) is 9.73. The molecule has 0 aromatic carbocycles. The number of nitrogens with one attached hydrogen (secondary N) is 4. The van der Waals surface area contributed by atoms with Gasteiger partial charge < -0.3 is 14.9 Å². The molecular formula is C18H38Co2N8O8-2. The Hall–Kier alpha value is -2.59. The van der Waals surface area contributed by atoms with Gasteiger partial charge in [-0.15, -0.1) is 19.6 Å². The van der Waals surface area contributed by atoms with Gasteiger partial charge in [-0.05, 0) is 76.1 Å². The maximum Gasteiger partial charge on any atom is 0.103 e. The molecule has 2 radical (unpaired) electrons. The number of hydroxylamine groups is 4. The fourth-order valence-electron chi connectivity index (χ4n) is 0.597. The summed E-state index contributed by atoms with van der Waals surface area (Å²) in [5.74, 6) is 0. The summed E-state index contributed by atoms with van der Waals surface area (Å²) >= 11 is 0. The third-order valence-electron chi connectivity index (χ3n) is 3.39. The minimum atomic E-state index is 0. The summed E-state index contributed by atoms with van der Waals surface area (Å²) in [6, 6.07) is 0. The third kappa shape index (κ3) is 33.6. The second kappa shape index (κ2) is 37.0. The average Bonchev–Trinajstić information content (AvgIpc) is 2.85. The molecule has 0 saturated heterocycles. The molecule has 0 aliphatic rings. The third-order valence-corrected chi connectivity index (χ3v) is 3.39. The van der Waals surface area contributed by atoms with Crippen LogP contribution in [0.25, 0.3) is 0 Å². The molecule has 0 aliphatic heterocycles. The molecule has 0 unspecified atom stereocenters. The zero-order valence-electron chi connectivity index (χ0n) is 21.9. The van der Waals surface area contributed by atoms with E-state index in [0.29, 0.717) is 22.8 Å². The van der Waals surface area contributed by atoms with Crippen molar-refractivity contribution >= 4 is 0 Å². The summed E-state index contributed by atoms with van der Waals surface area (Å²) < 4.78 is 0. The van der Waals surface area contributed by atoms with Gasteiger partial charge in [-0.1, -0.05) is 0 Å². The fourth-order valence-corrected chi connectivity index (χ4v) is 0.597. The van der Waals surface area contributed by atoms with Crippen LogP contribution in [0.2, 0.25) is 0 Å². The molecule has 0 spiro atoms. The van der Waals surface area contributed by atoms with Crippen molar-refractivity contribution in [3.63, 3.8) is 0 Å². The van der Waals surface area contributed by atoms with E-state index >= 15 is 0 Å². The van der Waals surface area contributed by atoms with Gasteiger partial charge in [0.1, 0.15) is 22.8 Å². The van der Waals surface area contributed by atoms with Crippen molar-refractivity contribution in [3.8, 4) is 0 Å². The van der Waals surface area contributed by atoms with E-state index in [-0.39, 0.29) is 71.2 Å². The molecule has 0 saturated carbocycles. The van der Waals surface area contributed by atoms with Crippen molar-refractivity contribution in [3.05, 3.63) is 80.1 Å². The van der Waals surface area contributed by atoms with Crippen molar-refractivity contribution < 1.29 is 54.4 Å². The summed E-state index contributed by atoms with van der Waals surface area (Å²) in [6.45, 7) is 12.2. The first-order chi connectivity index (χ1) is 14.9. The van der Waals surface area contributed by atoms with Crippen molar-refractivity contribution in [1.82, 2.24) is 21.9 Å². The molecule has 8 N–H and O–H groups in total. The van der Waals surface area contributed by atoms with Crippen molar-refractivity contribution in [1.29, 1.82) is 0 Å². The van der Waals surface area contributed by atoms with Gasteiger partial charge in [0, 0.05) is 33.6 Å². The van der Waals surface area contributed by atoms with Crippen LogP contribution < -0.4 is 21.9 Å². The molecule has 16 nitrogen and oxygen atoms in total. The van der Waals surface area contributed by atoms with Gasteiger partial charge in [0.15, 0.2) is 0 Å². The minimum Gasteiger partial charge on any atom is -0.358 e. The predicted octanol–water partition coefficient (Wildman–Crippen LogP) is 4.83. The predicted molar refractivity (Wildman–Crippen MR) is 129 cm³/mol. The van der Waals surface area contributed by atoms with Crippen LogP contribution in [-0.4, -0.2) is 20.8 Å². The van der Waals surface area contributed by atoms with Crippen LogP contribution in [0.15, 0.2) is 66.3 Å². The van der Waals surface area contributed by atoms with Crippen molar-refractivity contribution in [2.75, 3.05) is 0 Å². The Labute approximate surface area is 232 Å². The number of allylic oxidation sites excluding steroid dienone is 8. The molecule has 0 amide bonds. The minimum absolute atomic E-state index is 0. The smallest absolute Gasteiger partial charge is 0.103 e. The Kier molecular flexibility index (Phi) is 55.8. The second-order valence-corrected chi connectivity index (χ2v) is 5.65. The zero-order valence-corrected chi connectivity index (χ0v) is 24.0. The van der Waals surface area contributed by atoms with E-state index in [1.54, 1.807) is 49.6 Å². The van der Waals surface area contributed by atoms with E-state index in [9.17, 15) is 19.6 Å². The van der Waals surface area contributed by atoms with Crippen LogP contribution in [0.3, 0.4) is 0 Å². The number of rotatable bonds is 8. The number of hydrogen-bond donors (Lipinski definition) is 8. The second-order valence-electron chi connectivity index (χ2n) is 5.65. The normalized spacial score (nSPS) is 11.0. The first-order valence-corrected chi connectivity index (χ1v) is 8.52. The molecule has 0 aliphatic carbocycles. The summed E-state index contributed by atoms with van der Waals surface area (Å²) in [7, 11) is 0.